The quantitative estimate of drug-likeness (QED) is 0.490. The first-order valence-corrected chi connectivity index (χ1v) is 9.60. The number of hydrogen-bond acceptors (Lipinski definition) is 5. The molecule has 0 spiro atoms. The molecule has 0 saturated carbocycles. The van der Waals surface area contributed by atoms with Crippen LogP contribution < -0.4 is 0 Å². The summed E-state index contributed by atoms with van der Waals surface area (Å²) in [5, 5.41) is 13.9. The van der Waals surface area contributed by atoms with Crippen LogP contribution in [-0.4, -0.2) is 29.5 Å². The minimum Gasteiger partial charge on any atom is -0.466 e. The molecule has 0 radical (unpaired) electrons. The highest BCUT2D eigenvalue weighted by atomic mass is 79.9. The standard InChI is InChI=1S/C20H19BrFN3O3/c1-12(20(26)27-2)8-9-28-18-5-3-4-14-17(11-23)24-25(19(14)18)13-6-7-16(22)15(21)10-13/h6-7,10,18H,1,3-5,8-9H2,2H3. The topological polar surface area (TPSA) is 77.1 Å². The lowest BCUT2D eigenvalue weighted by molar-refractivity contribution is -0.136. The Labute approximate surface area is 170 Å². The van der Waals surface area contributed by atoms with Gasteiger partial charge in [0.2, 0.25) is 0 Å². The average Bonchev–Trinajstić information content (AvgIpc) is 3.09. The zero-order valence-corrected chi connectivity index (χ0v) is 17.0. The van der Waals surface area contributed by atoms with Crippen LogP contribution in [0.25, 0.3) is 5.69 Å². The van der Waals surface area contributed by atoms with Crippen molar-refractivity contribution in [2.45, 2.75) is 31.8 Å². The highest BCUT2D eigenvalue weighted by molar-refractivity contribution is 9.10. The number of carbonyl (C=O) groups excluding carboxylic acids is 1. The van der Waals surface area contributed by atoms with E-state index in [2.05, 4.69) is 38.4 Å². The van der Waals surface area contributed by atoms with E-state index in [0.29, 0.717) is 27.8 Å². The molecule has 1 atom stereocenters. The zero-order chi connectivity index (χ0) is 20.3. The third kappa shape index (κ3) is 4.01. The van der Waals surface area contributed by atoms with Gasteiger partial charge in [-0.2, -0.15) is 10.4 Å². The van der Waals surface area contributed by atoms with E-state index in [4.69, 9.17) is 4.74 Å². The number of methoxy groups -OCH3 is 1. The summed E-state index contributed by atoms with van der Waals surface area (Å²) in [7, 11) is 1.31. The van der Waals surface area contributed by atoms with Crippen LogP contribution in [-0.2, 0) is 20.7 Å². The van der Waals surface area contributed by atoms with Gasteiger partial charge in [-0.25, -0.2) is 13.9 Å². The summed E-state index contributed by atoms with van der Waals surface area (Å²) in [6, 6.07) is 6.72. The minimum atomic E-state index is -0.457. The van der Waals surface area contributed by atoms with Gasteiger partial charge in [0.25, 0.3) is 0 Å². The van der Waals surface area contributed by atoms with Crippen LogP contribution in [0, 0.1) is 17.1 Å². The number of nitriles is 1. The molecule has 3 rings (SSSR count). The van der Waals surface area contributed by atoms with Crippen LogP contribution in [0.5, 0.6) is 0 Å². The van der Waals surface area contributed by atoms with Crippen molar-refractivity contribution >= 4 is 21.9 Å². The molecule has 1 aromatic heterocycles. The van der Waals surface area contributed by atoms with Gasteiger partial charge in [-0.15, -0.1) is 0 Å². The molecule has 1 aliphatic rings. The van der Waals surface area contributed by atoms with Gasteiger partial charge >= 0.3 is 5.97 Å². The summed E-state index contributed by atoms with van der Waals surface area (Å²) in [6.07, 6.45) is 2.42. The summed E-state index contributed by atoms with van der Waals surface area (Å²) in [5.41, 5.74) is 2.98. The molecule has 28 heavy (non-hydrogen) atoms. The first-order valence-electron chi connectivity index (χ1n) is 8.81. The normalized spacial score (nSPS) is 15.6. The van der Waals surface area contributed by atoms with Gasteiger partial charge in [0, 0.05) is 17.6 Å². The summed E-state index contributed by atoms with van der Waals surface area (Å²) in [4.78, 5) is 11.5. The Bertz CT molecular complexity index is 964. The molecule has 0 fully saturated rings. The second kappa shape index (κ2) is 8.67. The first-order chi connectivity index (χ1) is 13.5. The SMILES string of the molecule is C=C(CCOC1CCCc2c(C#N)nn(-c3ccc(F)c(Br)c3)c21)C(=O)OC. The fourth-order valence-corrected chi connectivity index (χ4v) is 3.64. The van der Waals surface area contributed by atoms with E-state index < -0.39 is 5.97 Å². The predicted octanol–water partition coefficient (Wildman–Crippen LogP) is 4.16. The molecule has 0 amide bonds. The number of aromatic nitrogens is 2. The Morgan fingerprint density at radius 2 is 2.32 bits per heavy atom. The molecule has 1 aliphatic carbocycles. The van der Waals surface area contributed by atoms with Crippen molar-refractivity contribution in [1.82, 2.24) is 9.78 Å². The molecule has 6 nitrogen and oxygen atoms in total. The molecule has 0 bridgehead atoms. The Hall–Kier alpha value is -2.50. The number of benzene rings is 1. The van der Waals surface area contributed by atoms with Crippen LogP contribution >= 0.6 is 15.9 Å². The predicted molar refractivity (Wildman–Crippen MR) is 103 cm³/mol. The molecule has 1 aromatic carbocycles. The zero-order valence-electron chi connectivity index (χ0n) is 15.4. The van der Waals surface area contributed by atoms with Crippen LogP contribution in [0.15, 0.2) is 34.8 Å². The summed E-state index contributed by atoms with van der Waals surface area (Å²) < 4.78 is 26.3. The van der Waals surface area contributed by atoms with Crippen molar-refractivity contribution in [1.29, 1.82) is 5.26 Å². The Morgan fingerprint density at radius 3 is 3.00 bits per heavy atom. The lowest BCUT2D eigenvalue weighted by Gasteiger charge is -2.25. The minimum absolute atomic E-state index is 0.285. The first kappa shape index (κ1) is 20.2. The molecule has 2 aromatic rings. The van der Waals surface area contributed by atoms with E-state index in [1.54, 1.807) is 16.8 Å². The summed E-state index contributed by atoms with van der Waals surface area (Å²) in [6.45, 7) is 3.99. The van der Waals surface area contributed by atoms with Gasteiger partial charge in [-0.05, 0) is 53.4 Å². The molecular weight excluding hydrogens is 429 g/mol. The lowest BCUT2D eigenvalue weighted by Crippen LogP contribution is -2.18. The van der Waals surface area contributed by atoms with Gasteiger partial charge in [-0.1, -0.05) is 6.58 Å². The van der Waals surface area contributed by atoms with E-state index >= 15 is 0 Å². The van der Waals surface area contributed by atoms with Crippen molar-refractivity contribution in [2.75, 3.05) is 13.7 Å². The number of nitrogens with zero attached hydrogens (tertiary/aromatic N) is 3. The Morgan fingerprint density at radius 1 is 1.54 bits per heavy atom. The highest BCUT2D eigenvalue weighted by Crippen LogP contribution is 2.36. The largest absolute Gasteiger partial charge is 0.466 e. The van der Waals surface area contributed by atoms with Gasteiger partial charge in [0.1, 0.15) is 11.9 Å². The summed E-state index contributed by atoms with van der Waals surface area (Å²) >= 11 is 3.19. The molecule has 0 aliphatic heterocycles. The highest BCUT2D eigenvalue weighted by Gasteiger charge is 2.30. The second-order valence-electron chi connectivity index (χ2n) is 6.43. The van der Waals surface area contributed by atoms with Crippen LogP contribution in [0.2, 0.25) is 0 Å². The van der Waals surface area contributed by atoms with E-state index in [-0.39, 0.29) is 18.5 Å². The number of rotatable bonds is 6. The van der Waals surface area contributed by atoms with Crippen molar-refractivity contribution in [3.05, 3.63) is 57.6 Å². The fourth-order valence-electron chi connectivity index (χ4n) is 3.28. The van der Waals surface area contributed by atoms with Gasteiger partial charge in [-0.3, -0.25) is 0 Å². The lowest BCUT2D eigenvalue weighted by atomic mass is 9.93. The molecule has 0 saturated heterocycles. The number of carbonyl (C=O) groups is 1. The third-order valence-electron chi connectivity index (χ3n) is 4.67. The third-order valence-corrected chi connectivity index (χ3v) is 5.28. The average molecular weight is 448 g/mol. The monoisotopic (exact) mass is 447 g/mol. The second-order valence-corrected chi connectivity index (χ2v) is 7.29. The number of halogens is 2. The molecule has 146 valence electrons. The maximum Gasteiger partial charge on any atom is 0.333 e. The van der Waals surface area contributed by atoms with E-state index in [1.807, 2.05) is 0 Å². The molecule has 1 unspecified atom stereocenters. The Kier molecular flexibility index (Phi) is 6.27. The maximum absolute atomic E-state index is 13.6. The van der Waals surface area contributed by atoms with Crippen LogP contribution in [0.3, 0.4) is 0 Å². The van der Waals surface area contributed by atoms with Crippen molar-refractivity contribution in [3.63, 3.8) is 0 Å². The van der Waals surface area contributed by atoms with Crippen LogP contribution in [0.4, 0.5) is 4.39 Å². The van der Waals surface area contributed by atoms with Crippen molar-refractivity contribution in [3.8, 4) is 11.8 Å². The van der Waals surface area contributed by atoms with Gasteiger partial charge in [0.15, 0.2) is 5.69 Å². The Balaban J connectivity index is 1.89. The molecule has 0 N–H and O–H groups in total. The van der Waals surface area contributed by atoms with Crippen molar-refractivity contribution in [2.24, 2.45) is 0 Å². The number of ether oxygens (including phenoxy) is 2. The van der Waals surface area contributed by atoms with Crippen molar-refractivity contribution < 1.29 is 18.7 Å². The molecular formula is C20H19BrFN3O3. The van der Waals surface area contributed by atoms with Gasteiger partial charge in [0.05, 0.1) is 35.7 Å². The number of esters is 1. The maximum atomic E-state index is 13.6. The smallest absolute Gasteiger partial charge is 0.333 e. The fraction of sp³-hybridized carbons (Fsp3) is 0.350. The van der Waals surface area contributed by atoms with E-state index in [1.165, 1.54) is 13.2 Å². The van der Waals surface area contributed by atoms with Gasteiger partial charge < -0.3 is 9.47 Å². The summed E-state index contributed by atoms with van der Waals surface area (Å²) in [5.74, 6) is -0.833. The van der Waals surface area contributed by atoms with E-state index in [0.717, 1.165) is 30.5 Å². The number of fused-ring (bicyclic) bond motifs is 1. The molecule has 8 heteroatoms. The molecule has 1 heterocycles. The van der Waals surface area contributed by atoms with E-state index in [9.17, 15) is 14.4 Å². The van der Waals surface area contributed by atoms with Crippen LogP contribution in [0.1, 0.15) is 42.3 Å². The number of hydrogen-bond donors (Lipinski definition) is 0.